The second-order valence-electron chi connectivity index (χ2n) is 7.76. The van der Waals surface area contributed by atoms with Gasteiger partial charge in [0.05, 0.1) is 11.4 Å². The number of aryl methyl sites for hydroxylation is 3. The predicted molar refractivity (Wildman–Crippen MR) is 132 cm³/mol. The lowest BCUT2D eigenvalue weighted by Gasteiger charge is -2.17. The van der Waals surface area contributed by atoms with Gasteiger partial charge in [-0.15, -0.1) is 0 Å². The Morgan fingerprint density at radius 2 is 1.58 bits per heavy atom. The van der Waals surface area contributed by atoms with E-state index in [0.29, 0.717) is 16.4 Å². The first-order valence-electron chi connectivity index (χ1n) is 10.1. The molecule has 0 aliphatic carbocycles. The van der Waals surface area contributed by atoms with Crippen molar-refractivity contribution in [2.45, 2.75) is 20.8 Å². The van der Waals surface area contributed by atoms with E-state index in [2.05, 4.69) is 73.5 Å². The molecule has 0 unspecified atom stereocenters. The summed E-state index contributed by atoms with van der Waals surface area (Å²) in [5, 5.41) is 3.35. The Morgan fingerprint density at radius 3 is 2.23 bits per heavy atom. The zero-order chi connectivity index (χ0) is 22.1. The Hall–Kier alpha value is -3.24. The SMILES string of the molecule is [B]NC(=C)c1nc(-c2cccc(C)c2)n(-c2cc(Cl)ccc2C)c1-c1cccc(C)c1. The van der Waals surface area contributed by atoms with Crippen LogP contribution in [0.2, 0.25) is 5.02 Å². The molecule has 1 heterocycles. The lowest BCUT2D eigenvalue weighted by Crippen LogP contribution is -2.08. The molecule has 0 spiro atoms. The van der Waals surface area contributed by atoms with Gasteiger partial charge in [0.1, 0.15) is 11.5 Å². The molecule has 0 atom stereocenters. The second-order valence-corrected chi connectivity index (χ2v) is 8.20. The molecule has 1 aromatic heterocycles. The van der Waals surface area contributed by atoms with Crippen molar-refractivity contribution in [1.82, 2.24) is 14.8 Å². The fourth-order valence-electron chi connectivity index (χ4n) is 3.79. The van der Waals surface area contributed by atoms with Gasteiger partial charge in [0.15, 0.2) is 0 Å². The molecule has 0 aliphatic heterocycles. The molecule has 1 N–H and O–H groups in total. The summed E-state index contributed by atoms with van der Waals surface area (Å²) in [6.07, 6.45) is 0. The molecule has 31 heavy (non-hydrogen) atoms. The number of halogens is 1. The first-order valence-corrected chi connectivity index (χ1v) is 10.5. The van der Waals surface area contributed by atoms with Crippen LogP contribution in [0.3, 0.4) is 0 Å². The third-order valence-electron chi connectivity index (χ3n) is 5.32. The highest BCUT2D eigenvalue weighted by Gasteiger charge is 2.23. The quantitative estimate of drug-likeness (QED) is 0.375. The molecule has 0 saturated carbocycles. The van der Waals surface area contributed by atoms with Crippen molar-refractivity contribution in [3.05, 3.63) is 101 Å². The van der Waals surface area contributed by atoms with E-state index >= 15 is 0 Å². The van der Waals surface area contributed by atoms with E-state index in [1.165, 1.54) is 0 Å². The summed E-state index contributed by atoms with van der Waals surface area (Å²) in [7, 11) is 5.78. The Morgan fingerprint density at radius 1 is 0.935 bits per heavy atom. The maximum absolute atomic E-state index is 6.43. The maximum Gasteiger partial charge on any atom is 0.222 e. The number of imidazole rings is 1. The molecule has 0 saturated heterocycles. The third kappa shape index (κ3) is 4.04. The van der Waals surface area contributed by atoms with E-state index in [4.69, 9.17) is 24.6 Å². The average molecular weight is 424 g/mol. The first-order chi connectivity index (χ1) is 14.9. The Bertz CT molecular complexity index is 1290. The van der Waals surface area contributed by atoms with Crippen LogP contribution < -0.4 is 5.23 Å². The number of rotatable bonds is 5. The zero-order valence-corrected chi connectivity index (χ0v) is 18.7. The summed E-state index contributed by atoms with van der Waals surface area (Å²) in [6.45, 7) is 10.3. The summed E-state index contributed by atoms with van der Waals surface area (Å²) in [6, 6.07) is 22.5. The van der Waals surface area contributed by atoms with Crippen molar-refractivity contribution < 1.29 is 0 Å². The predicted octanol–water partition coefficient (Wildman–Crippen LogP) is 6.43. The van der Waals surface area contributed by atoms with Gasteiger partial charge in [-0.25, -0.2) is 4.98 Å². The number of benzene rings is 3. The monoisotopic (exact) mass is 423 g/mol. The zero-order valence-electron chi connectivity index (χ0n) is 17.9. The van der Waals surface area contributed by atoms with Crippen LogP contribution in [0.4, 0.5) is 0 Å². The van der Waals surface area contributed by atoms with Crippen LogP contribution >= 0.6 is 11.6 Å². The van der Waals surface area contributed by atoms with Crippen molar-refractivity contribution in [1.29, 1.82) is 0 Å². The van der Waals surface area contributed by atoms with E-state index in [1.807, 2.05) is 30.3 Å². The fraction of sp³-hybridized carbons (Fsp3) is 0.115. The summed E-state index contributed by atoms with van der Waals surface area (Å²) in [5.41, 5.74) is 8.54. The number of nitrogens with one attached hydrogen (secondary N) is 1. The summed E-state index contributed by atoms with van der Waals surface area (Å²) >= 11 is 6.43. The number of aromatic nitrogens is 2. The normalized spacial score (nSPS) is 10.8. The molecule has 0 amide bonds. The molecule has 152 valence electrons. The van der Waals surface area contributed by atoms with Gasteiger partial charge in [0.25, 0.3) is 0 Å². The molecule has 3 aromatic carbocycles. The van der Waals surface area contributed by atoms with Crippen molar-refractivity contribution >= 4 is 25.3 Å². The van der Waals surface area contributed by atoms with Gasteiger partial charge in [0.2, 0.25) is 7.98 Å². The highest BCUT2D eigenvalue weighted by molar-refractivity contribution is 6.30. The van der Waals surface area contributed by atoms with Crippen LogP contribution in [0.5, 0.6) is 0 Å². The van der Waals surface area contributed by atoms with Gasteiger partial charge in [-0.3, -0.25) is 4.57 Å². The summed E-state index contributed by atoms with van der Waals surface area (Å²) in [4.78, 5) is 5.02. The highest BCUT2D eigenvalue weighted by Crippen LogP contribution is 2.37. The average Bonchev–Trinajstić information content (AvgIpc) is 3.15. The van der Waals surface area contributed by atoms with Crippen LogP contribution in [0.1, 0.15) is 22.4 Å². The minimum absolute atomic E-state index is 0.545. The van der Waals surface area contributed by atoms with Crippen LogP contribution in [-0.2, 0) is 0 Å². The molecule has 5 heteroatoms. The molecular formula is C26H23BClN3. The van der Waals surface area contributed by atoms with Gasteiger partial charge in [-0.2, -0.15) is 0 Å². The van der Waals surface area contributed by atoms with Crippen molar-refractivity contribution in [3.63, 3.8) is 0 Å². The minimum Gasteiger partial charge on any atom is -0.436 e. The highest BCUT2D eigenvalue weighted by atomic mass is 35.5. The van der Waals surface area contributed by atoms with Crippen molar-refractivity contribution in [3.8, 4) is 28.3 Å². The molecule has 0 aliphatic rings. The Kier molecular flexibility index (Phi) is 5.75. The Labute approximate surface area is 189 Å². The second kappa shape index (κ2) is 8.48. The lowest BCUT2D eigenvalue weighted by atomic mass is 10.0. The van der Waals surface area contributed by atoms with Gasteiger partial charge in [0, 0.05) is 21.8 Å². The van der Waals surface area contributed by atoms with E-state index < -0.39 is 0 Å². The summed E-state index contributed by atoms with van der Waals surface area (Å²) < 4.78 is 2.16. The topological polar surface area (TPSA) is 29.9 Å². The molecular weight excluding hydrogens is 401 g/mol. The van der Waals surface area contributed by atoms with Crippen LogP contribution in [0.25, 0.3) is 34.0 Å². The van der Waals surface area contributed by atoms with Gasteiger partial charge in [-0.05, 0) is 50.6 Å². The van der Waals surface area contributed by atoms with Crippen LogP contribution in [0.15, 0.2) is 73.3 Å². The lowest BCUT2D eigenvalue weighted by molar-refractivity contribution is 1.05. The van der Waals surface area contributed by atoms with Gasteiger partial charge in [-0.1, -0.05) is 71.8 Å². The van der Waals surface area contributed by atoms with E-state index in [9.17, 15) is 0 Å². The number of hydrogen-bond acceptors (Lipinski definition) is 2. The molecule has 3 nitrogen and oxygen atoms in total. The maximum atomic E-state index is 6.43. The molecule has 2 radical (unpaired) electrons. The minimum atomic E-state index is 0.545. The van der Waals surface area contributed by atoms with Gasteiger partial charge < -0.3 is 5.23 Å². The third-order valence-corrected chi connectivity index (χ3v) is 5.55. The van der Waals surface area contributed by atoms with E-state index in [0.717, 1.165) is 45.0 Å². The Balaban J connectivity index is 2.16. The van der Waals surface area contributed by atoms with Crippen LogP contribution in [-0.4, -0.2) is 17.5 Å². The fourth-order valence-corrected chi connectivity index (χ4v) is 3.96. The first kappa shape index (κ1) is 21.0. The number of nitrogens with zero attached hydrogens (tertiary/aromatic N) is 2. The summed E-state index contributed by atoms with van der Waals surface area (Å²) in [5.74, 6) is 0.803. The van der Waals surface area contributed by atoms with Crippen LogP contribution in [0, 0.1) is 20.8 Å². The van der Waals surface area contributed by atoms with E-state index in [1.54, 1.807) is 0 Å². The van der Waals surface area contributed by atoms with Gasteiger partial charge >= 0.3 is 0 Å². The smallest absolute Gasteiger partial charge is 0.222 e. The molecule has 0 fully saturated rings. The van der Waals surface area contributed by atoms with Crippen molar-refractivity contribution in [2.75, 3.05) is 0 Å². The standard InChI is InChI=1S/C26H23BClN3/c1-16-7-5-9-20(13-16)25-24(19(4)30-27)29-26(21-10-6-8-17(2)14-21)31(25)23-15-22(28)12-11-18(23)3/h5-15,30H,4H2,1-3H3. The molecule has 0 bridgehead atoms. The molecule has 4 rings (SSSR count). The number of hydrogen-bond donors (Lipinski definition) is 1. The largest absolute Gasteiger partial charge is 0.436 e. The molecule has 4 aromatic rings. The van der Waals surface area contributed by atoms with E-state index in [-0.39, 0.29) is 0 Å². The van der Waals surface area contributed by atoms with Crippen molar-refractivity contribution in [2.24, 2.45) is 0 Å².